The average Bonchev–Trinajstić information content (AvgIpc) is 3.18. The molecular weight excluding hydrogens is 431 g/mol. The van der Waals surface area contributed by atoms with Crippen molar-refractivity contribution in [1.82, 2.24) is 15.4 Å². The lowest BCUT2D eigenvalue weighted by molar-refractivity contribution is -0.114. The summed E-state index contributed by atoms with van der Waals surface area (Å²) in [7, 11) is -0.147. The van der Waals surface area contributed by atoms with E-state index in [0.29, 0.717) is 23.3 Å². The van der Waals surface area contributed by atoms with Crippen LogP contribution in [0.5, 0.6) is 0 Å². The molecule has 2 aromatic carbocycles. The summed E-state index contributed by atoms with van der Waals surface area (Å²) in [4.78, 5) is 23.9. The van der Waals surface area contributed by atoms with Crippen molar-refractivity contribution in [3.05, 3.63) is 53.8 Å². The smallest absolute Gasteiger partial charge is 0.315 e. The maximum Gasteiger partial charge on any atom is 0.315 e. The predicted octanol–water partition coefficient (Wildman–Crippen LogP) is 3.05. The van der Waals surface area contributed by atoms with Crippen LogP contribution in [-0.4, -0.2) is 35.7 Å². The number of hydrogen-bond acceptors (Lipinski definition) is 3. The summed E-state index contributed by atoms with van der Waals surface area (Å²) in [6.45, 7) is 0.242. The highest BCUT2D eigenvalue weighted by Crippen LogP contribution is 2.34. The molecule has 2 aromatic rings. The van der Waals surface area contributed by atoms with Gasteiger partial charge in [0.25, 0.3) is 0 Å². The normalized spacial score (nSPS) is 21.5. The van der Waals surface area contributed by atoms with Crippen molar-refractivity contribution in [3.8, 4) is 11.1 Å². The summed E-state index contributed by atoms with van der Waals surface area (Å²) in [5, 5.41) is 5.13. The molecular formula is C21H22F3N3O3S. The fourth-order valence-corrected chi connectivity index (χ4v) is 4.67. The SMILES string of the molecule is CNC(=O)NC1(C=O)CCCC1CNS(=O)c1ccc(-c2cc(F)c(F)c(F)c2)cc1. The van der Waals surface area contributed by atoms with E-state index in [0.717, 1.165) is 24.8 Å². The lowest BCUT2D eigenvalue weighted by Gasteiger charge is -2.31. The van der Waals surface area contributed by atoms with Crippen LogP contribution >= 0.6 is 0 Å². The van der Waals surface area contributed by atoms with E-state index >= 15 is 0 Å². The Morgan fingerprint density at radius 2 is 1.81 bits per heavy atom. The number of hydrogen-bond donors (Lipinski definition) is 3. The Bertz CT molecular complexity index is 980. The molecule has 3 N–H and O–H groups in total. The van der Waals surface area contributed by atoms with Gasteiger partial charge in [-0.05, 0) is 48.2 Å². The molecule has 0 bridgehead atoms. The second-order valence-corrected chi connectivity index (χ2v) is 8.64. The molecule has 3 rings (SSSR count). The van der Waals surface area contributed by atoms with E-state index < -0.39 is 40.0 Å². The molecule has 3 unspecified atom stereocenters. The number of nitrogens with one attached hydrogen (secondary N) is 3. The van der Waals surface area contributed by atoms with Crippen LogP contribution in [-0.2, 0) is 15.8 Å². The third-order valence-corrected chi connectivity index (χ3v) is 6.63. The van der Waals surface area contributed by atoms with Crippen molar-refractivity contribution < 1.29 is 27.0 Å². The molecule has 0 spiro atoms. The number of rotatable bonds is 7. The Balaban J connectivity index is 1.67. The summed E-state index contributed by atoms with van der Waals surface area (Å²) in [5.41, 5.74) is -0.425. The first kappa shape index (κ1) is 23.0. The molecule has 1 aliphatic carbocycles. The Hall–Kier alpha value is -2.72. The fourth-order valence-electron chi connectivity index (χ4n) is 3.76. The zero-order chi connectivity index (χ0) is 22.6. The maximum atomic E-state index is 13.4. The molecule has 0 aromatic heterocycles. The van der Waals surface area contributed by atoms with Gasteiger partial charge in [-0.15, -0.1) is 0 Å². The molecule has 0 saturated heterocycles. The van der Waals surface area contributed by atoms with Gasteiger partial charge in [-0.2, -0.15) is 0 Å². The summed E-state index contributed by atoms with van der Waals surface area (Å²) < 4.78 is 55.5. The number of carbonyl (C=O) groups is 2. The van der Waals surface area contributed by atoms with Crippen LogP contribution in [0.2, 0.25) is 0 Å². The summed E-state index contributed by atoms with van der Waals surface area (Å²) in [6.07, 6.45) is 2.68. The minimum Gasteiger partial charge on any atom is -0.341 e. The largest absolute Gasteiger partial charge is 0.341 e. The van der Waals surface area contributed by atoms with Crippen LogP contribution in [0.4, 0.5) is 18.0 Å². The summed E-state index contributed by atoms with van der Waals surface area (Å²) >= 11 is 0. The van der Waals surface area contributed by atoms with Gasteiger partial charge in [0.1, 0.15) is 22.8 Å². The first-order chi connectivity index (χ1) is 14.8. The van der Waals surface area contributed by atoms with Crippen molar-refractivity contribution in [2.45, 2.75) is 29.7 Å². The Morgan fingerprint density at radius 3 is 2.39 bits per heavy atom. The predicted molar refractivity (Wildman–Crippen MR) is 110 cm³/mol. The zero-order valence-electron chi connectivity index (χ0n) is 16.7. The van der Waals surface area contributed by atoms with Crippen molar-refractivity contribution in [3.63, 3.8) is 0 Å². The van der Waals surface area contributed by atoms with Gasteiger partial charge in [-0.25, -0.2) is 26.9 Å². The number of urea groups is 1. The van der Waals surface area contributed by atoms with Crippen molar-refractivity contribution in [1.29, 1.82) is 0 Å². The number of amides is 2. The molecule has 0 heterocycles. The van der Waals surface area contributed by atoms with Gasteiger partial charge >= 0.3 is 6.03 Å². The second-order valence-electron chi connectivity index (χ2n) is 7.35. The highest BCUT2D eigenvalue weighted by atomic mass is 32.2. The lowest BCUT2D eigenvalue weighted by Crippen LogP contribution is -2.56. The van der Waals surface area contributed by atoms with Gasteiger partial charge in [0.2, 0.25) is 0 Å². The van der Waals surface area contributed by atoms with Gasteiger partial charge in [0.15, 0.2) is 17.5 Å². The molecule has 3 atom stereocenters. The monoisotopic (exact) mass is 453 g/mol. The van der Waals surface area contributed by atoms with Crippen LogP contribution < -0.4 is 15.4 Å². The lowest BCUT2D eigenvalue weighted by atomic mass is 9.88. The fraction of sp³-hybridized carbons (Fsp3) is 0.333. The average molecular weight is 453 g/mol. The molecule has 0 radical (unpaired) electrons. The van der Waals surface area contributed by atoms with Gasteiger partial charge in [0.05, 0.1) is 4.90 Å². The van der Waals surface area contributed by atoms with Crippen LogP contribution in [0.3, 0.4) is 0 Å². The van der Waals surface area contributed by atoms with E-state index in [4.69, 9.17) is 0 Å². The van der Waals surface area contributed by atoms with E-state index in [-0.39, 0.29) is 18.0 Å². The van der Waals surface area contributed by atoms with Crippen molar-refractivity contribution >= 4 is 23.3 Å². The molecule has 6 nitrogen and oxygen atoms in total. The molecule has 1 saturated carbocycles. The zero-order valence-corrected chi connectivity index (χ0v) is 17.5. The molecule has 0 aliphatic heterocycles. The van der Waals surface area contributed by atoms with Gasteiger partial charge in [-0.1, -0.05) is 18.6 Å². The van der Waals surface area contributed by atoms with E-state index in [1.807, 2.05) is 0 Å². The molecule has 2 amide bonds. The molecule has 1 aliphatic rings. The van der Waals surface area contributed by atoms with Crippen LogP contribution in [0.15, 0.2) is 41.3 Å². The van der Waals surface area contributed by atoms with E-state index in [2.05, 4.69) is 15.4 Å². The minimum absolute atomic E-state index is 0.156. The molecule has 1 fully saturated rings. The van der Waals surface area contributed by atoms with Crippen LogP contribution in [0, 0.1) is 23.4 Å². The Morgan fingerprint density at radius 1 is 1.16 bits per heavy atom. The van der Waals surface area contributed by atoms with Crippen LogP contribution in [0.25, 0.3) is 11.1 Å². The van der Waals surface area contributed by atoms with E-state index in [1.165, 1.54) is 31.3 Å². The third kappa shape index (κ3) is 4.96. The molecule has 166 valence electrons. The first-order valence-electron chi connectivity index (χ1n) is 9.66. The van der Waals surface area contributed by atoms with Crippen LogP contribution in [0.1, 0.15) is 19.3 Å². The van der Waals surface area contributed by atoms with Gasteiger partial charge in [0, 0.05) is 19.5 Å². The van der Waals surface area contributed by atoms with E-state index in [9.17, 15) is 27.0 Å². The quantitative estimate of drug-likeness (QED) is 0.445. The van der Waals surface area contributed by atoms with Gasteiger partial charge < -0.3 is 15.4 Å². The Labute approximate surface area is 180 Å². The minimum atomic E-state index is -1.61. The summed E-state index contributed by atoms with van der Waals surface area (Å²) in [6, 6.07) is 7.44. The highest BCUT2D eigenvalue weighted by Gasteiger charge is 2.44. The number of benzene rings is 2. The maximum absolute atomic E-state index is 13.4. The second kappa shape index (κ2) is 9.61. The Kier molecular flexibility index (Phi) is 7.11. The summed E-state index contributed by atoms with van der Waals surface area (Å²) in [5.74, 6) is -4.33. The van der Waals surface area contributed by atoms with Crippen molar-refractivity contribution in [2.75, 3.05) is 13.6 Å². The first-order valence-corrected chi connectivity index (χ1v) is 10.8. The highest BCUT2D eigenvalue weighted by molar-refractivity contribution is 7.83. The number of halogens is 3. The topological polar surface area (TPSA) is 87.3 Å². The van der Waals surface area contributed by atoms with Gasteiger partial charge in [-0.3, -0.25) is 0 Å². The number of carbonyl (C=O) groups excluding carboxylic acids is 2. The molecule has 10 heteroatoms. The van der Waals surface area contributed by atoms with E-state index in [1.54, 1.807) is 0 Å². The van der Waals surface area contributed by atoms with Crippen molar-refractivity contribution in [2.24, 2.45) is 5.92 Å². The number of aldehydes is 1. The third-order valence-electron chi connectivity index (χ3n) is 5.50. The standard InChI is InChI=1S/C21H22F3N3O3S/c1-25-20(29)27-21(12-28)8-2-3-15(21)11-26-31(30)16-6-4-13(5-7-16)14-9-17(22)19(24)18(23)10-14/h4-7,9-10,12,15,26H,2-3,8,11H2,1H3,(H2,25,27,29). The molecule has 31 heavy (non-hydrogen) atoms.